The van der Waals surface area contributed by atoms with Crippen molar-refractivity contribution in [1.29, 1.82) is 0 Å². The Kier molecular flexibility index (Phi) is 9.54. The fourth-order valence-corrected chi connectivity index (χ4v) is 3.97. The number of esters is 3. The highest BCUT2D eigenvalue weighted by Crippen LogP contribution is 2.21. The van der Waals surface area contributed by atoms with Gasteiger partial charge in [-0.1, -0.05) is 17.7 Å². The van der Waals surface area contributed by atoms with Gasteiger partial charge in [0.2, 0.25) is 0 Å². The molecule has 0 spiro atoms. The fourth-order valence-electron chi connectivity index (χ4n) is 2.60. The summed E-state index contributed by atoms with van der Waals surface area (Å²) in [6.45, 7) is 1.87. The molecule has 160 valence electrons. The number of ether oxygens (including phenoxy) is 3. The summed E-state index contributed by atoms with van der Waals surface area (Å²) in [6, 6.07) is 6.55. The van der Waals surface area contributed by atoms with Gasteiger partial charge in [-0.05, 0) is 38.3 Å². The molecule has 0 aromatic heterocycles. The van der Waals surface area contributed by atoms with Gasteiger partial charge in [-0.15, -0.1) is 0 Å². The quantitative estimate of drug-likeness (QED) is 0.242. The van der Waals surface area contributed by atoms with Gasteiger partial charge in [0.05, 0.1) is 44.0 Å². The minimum atomic E-state index is -3.46. The first-order valence-electron chi connectivity index (χ1n) is 8.91. The first-order valence-corrected chi connectivity index (χ1v) is 10.6. The van der Waals surface area contributed by atoms with Crippen LogP contribution in [0.4, 0.5) is 0 Å². The number of carbonyl (C=O) groups excluding carboxylic acids is 3. The van der Waals surface area contributed by atoms with Crippen molar-refractivity contribution < 1.29 is 37.0 Å². The summed E-state index contributed by atoms with van der Waals surface area (Å²) >= 11 is 0. The number of carbonyl (C=O) groups is 3. The first kappa shape index (κ1) is 24.4. The maximum atomic E-state index is 12.4. The van der Waals surface area contributed by atoms with Gasteiger partial charge >= 0.3 is 17.9 Å². The summed E-state index contributed by atoms with van der Waals surface area (Å²) in [7, 11) is -0.0276. The van der Waals surface area contributed by atoms with Crippen LogP contribution in [0.5, 0.6) is 0 Å². The van der Waals surface area contributed by atoms with E-state index in [9.17, 15) is 22.8 Å². The summed E-state index contributed by atoms with van der Waals surface area (Å²) in [5.74, 6) is -2.46. The number of unbranched alkanes of at least 4 members (excludes halogenated alkanes) is 1. The number of rotatable bonds is 10. The van der Waals surface area contributed by atoms with Crippen LogP contribution in [0.2, 0.25) is 0 Å². The molecular formula is C20H26O8S. The average Bonchev–Trinajstić information content (AvgIpc) is 2.71. The van der Waals surface area contributed by atoms with E-state index in [-0.39, 0.29) is 41.1 Å². The molecule has 0 atom stereocenters. The van der Waals surface area contributed by atoms with E-state index in [0.29, 0.717) is 0 Å². The molecule has 1 aromatic rings. The monoisotopic (exact) mass is 426 g/mol. The predicted molar refractivity (Wildman–Crippen MR) is 105 cm³/mol. The third-order valence-corrected chi connectivity index (χ3v) is 6.06. The zero-order chi connectivity index (χ0) is 22.0. The summed E-state index contributed by atoms with van der Waals surface area (Å²) in [5, 5.41) is 0. The molecule has 0 aliphatic heterocycles. The topological polar surface area (TPSA) is 113 Å². The van der Waals surface area contributed by atoms with Gasteiger partial charge in [0.25, 0.3) is 0 Å². The average molecular weight is 426 g/mol. The molecule has 29 heavy (non-hydrogen) atoms. The molecule has 0 saturated heterocycles. The zero-order valence-corrected chi connectivity index (χ0v) is 17.8. The van der Waals surface area contributed by atoms with Crippen LogP contribution in [-0.2, 0) is 38.4 Å². The van der Waals surface area contributed by atoms with Crippen LogP contribution < -0.4 is 0 Å². The van der Waals surface area contributed by atoms with Crippen LogP contribution in [0.25, 0.3) is 0 Å². The van der Waals surface area contributed by atoms with Gasteiger partial charge in [0.1, 0.15) is 0 Å². The normalized spacial score (nSPS) is 12.0. The first-order chi connectivity index (χ1) is 13.7. The third-order valence-electron chi connectivity index (χ3n) is 4.25. The number of aryl methyl sites for hydroxylation is 1. The smallest absolute Gasteiger partial charge is 0.334 e. The van der Waals surface area contributed by atoms with Crippen molar-refractivity contribution in [2.75, 3.05) is 27.1 Å². The minimum Gasteiger partial charge on any atom is -0.469 e. The second-order valence-electron chi connectivity index (χ2n) is 6.28. The maximum Gasteiger partial charge on any atom is 0.334 e. The minimum absolute atomic E-state index is 0.0301. The highest BCUT2D eigenvalue weighted by Gasteiger charge is 2.25. The highest BCUT2D eigenvalue weighted by molar-refractivity contribution is 7.91. The molecule has 0 saturated carbocycles. The van der Waals surface area contributed by atoms with Gasteiger partial charge in [0.15, 0.2) is 9.84 Å². The van der Waals surface area contributed by atoms with Crippen molar-refractivity contribution in [3.8, 4) is 0 Å². The number of methoxy groups -OCH3 is 3. The van der Waals surface area contributed by atoms with Gasteiger partial charge in [0, 0.05) is 5.57 Å². The van der Waals surface area contributed by atoms with E-state index in [2.05, 4.69) is 9.47 Å². The van der Waals surface area contributed by atoms with E-state index in [4.69, 9.17) is 4.74 Å². The molecule has 0 aliphatic carbocycles. The summed E-state index contributed by atoms with van der Waals surface area (Å²) in [4.78, 5) is 36.0. The van der Waals surface area contributed by atoms with Crippen molar-refractivity contribution >= 4 is 27.7 Å². The van der Waals surface area contributed by atoms with Crippen LogP contribution in [0.1, 0.15) is 31.2 Å². The molecule has 0 bridgehead atoms. The van der Waals surface area contributed by atoms with E-state index in [0.717, 1.165) is 26.9 Å². The number of sulfone groups is 1. The van der Waals surface area contributed by atoms with E-state index < -0.39 is 34.2 Å². The number of benzene rings is 1. The van der Waals surface area contributed by atoms with Gasteiger partial charge in [-0.25, -0.2) is 18.0 Å². The van der Waals surface area contributed by atoms with E-state index >= 15 is 0 Å². The van der Waals surface area contributed by atoms with Crippen molar-refractivity contribution in [1.82, 2.24) is 0 Å². The van der Waals surface area contributed by atoms with Crippen molar-refractivity contribution in [2.45, 2.75) is 37.5 Å². The van der Waals surface area contributed by atoms with E-state index in [1.807, 2.05) is 6.92 Å². The summed E-state index contributed by atoms with van der Waals surface area (Å²) < 4.78 is 38.7. The fraction of sp³-hybridized carbons (Fsp3) is 0.450. The molecule has 0 aliphatic rings. The Morgan fingerprint density at radius 3 is 1.90 bits per heavy atom. The van der Waals surface area contributed by atoms with Crippen LogP contribution in [0, 0.1) is 6.92 Å². The Hall–Kier alpha value is -2.68. The lowest BCUT2D eigenvalue weighted by Gasteiger charge is -2.12. The number of hydrogen-bond donors (Lipinski definition) is 0. The molecule has 0 heterocycles. The second kappa shape index (κ2) is 11.4. The molecule has 0 amide bonds. The predicted octanol–water partition coefficient (Wildman–Crippen LogP) is 2.14. The Morgan fingerprint density at radius 2 is 1.38 bits per heavy atom. The van der Waals surface area contributed by atoms with Crippen molar-refractivity contribution in [3.63, 3.8) is 0 Å². The Bertz CT molecular complexity index is 866. The second-order valence-corrected chi connectivity index (χ2v) is 8.39. The molecule has 0 N–H and O–H groups in total. The Labute approximate surface area is 170 Å². The molecule has 0 radical (unpaired) electrons. The van der Waals surface area contributed by atoms with Gasteiger partial charge in [-0.2, -0.15) is 0 Å². The SMILES string of the molecule is COC(=O)C/C(C(=O)OC)=C(\CCCCS(=O)(=O)c1ccc(C)cc1)C(=O)OC. The summed E-state index contributed by atoms with van der Waals surface area (Å²) in [5.41, 5.74) is 0.767. The Morgan fingerprint density at radius 1 is 0.828 bits per heavy atom. The van der Waals surface area contributed by atoms with Crippen LogP contribution >= 0.6 is 0 Å². The molecule has 0 unspecified atom stereocenters. The standard InChI is InChI=1S/C20H26O8S/c1-14-8-10-15(11-9-14)29(24,25)12-6-5-7-16(19(22)27-3)17(20(23)28-4)13-18(21)26-2/h8-11H,5-7,12-13H2,1-4H3/b17-16-. The third kappa shape index (κ3) is 7.34. The highest BCUT2D eigenvalue weighted by atomic mass is 32.2. The lowest BCUT2D eigenvalue weighted by atomic mass is 10.00. The molecule has 1 rings (SSSR count). The Balaban J connectivity index is 2.93. The van der Waals surface area contributed by atoms with E-state index in [1.54, 1.807) is 24.3 Å². The molecule has 9 heteroatoms. The van der Waals surface area contributed by atoms with Gasteiger partial charge < -0.3 is 14.2 Å². The lowest BCUT2D eigenvalue weighted by molar-refractivity contribution is -0.143. The molecule has 1 aromatic carbocycles. The summed E-state index contributed by atoms with van der Waals surface area (Å²) in [6.07, 6.45) is 0.146. The van der Waals surface area contributed by atoms with Crippen molar-refractivity contribution in [2.24, 2.45) is 0 Å². The van der Waals surface area contributed by atoms with Crippen LogP contribution in [-0.4, -0.2) is 53.4 Å². The molecular weight excluding hydrogens is 400 g/mol. The zero-order valence-electron chi connectivity index (χ0n) is 17.0. The van der Waals surface area contributed by atoms with Gasteiger partial charge in [-0.3, -0.25) is 4.79 Å². The molecule has 8 nitrogen and oxygen atoms in total. The van der Waals surface area contributed by atoms with Crippen LogP contribution in [0.15, 0.2) is 40.3 Å². The number of hydrogen-bond acceptors (Lipinski definition) is 8. The largest absolute Gasteiger partial charge is 0.469 e. The van der Waals surface area contributed by atoms with Crippen molar-refractivity contribution in [3.05, 3.63) is 41.0 Å². The maximum absolute atomic E-state index is 12.4. The molecule has 0 fully saturated rings. The van der Waals surface area contributed by atoms with E-state index in [1.165, 1.54) is 0 Å². The lowest BCUT2D eigenvalue weighted by Crippen LogP contribution is -2.18. The van der Waals surface area contributed by atoms with Crippen LogP contribution in [0.3, 0.4) is 0 Å².